The molecule has 4 nitrogen and oxygen atoms in total. The Balaban J connectivity index is 2.20. The van der Waals surface area contributed by atoms with E-state index in [2.05, 4.69) is 17.3 Å². The van der Waals surface area contributed by atoms with Crippen LogP contribution in [0.2, 0.25) is 0 Å². The van der Waals surface area contributed by atoms with Gasteiger partial charge in [0.2, 0.25) is 0 Å². The van der Waals surface area contributed by atoms with E-state index >= 15 is 0 Å². The molecular formula is C12H21F3N2O2. The van der Waals surface area contributed by atoms with E-state index in [1.807, 2.05) is 0 Å². The molecule has 1 aliphatic rings. The second-order valence-electron chi connectivity index (χ2n) is 5.17. The Morgan fingerprint density at radius 3 is 2.47 bits per heavy atom. The maximum Gasteiger partial charge on any atom is 0.403 e. The summed E-state index contributed by atoms with van der Waals surface area (Å²) in [6, 6.07) is 0. The number of rotatable bonds is 6. The summed E-state index contributed by atoms with van der Waals surface area (Å²) in [5.74, 6) is -3.61. The van der Waals surface area contributed by atoms with Gasteiger partial charge >= 0.3 is 12.1 Å². The molecule has 0 radical (unpaired) electrons. The number of carboxylic acids is 1. The predicted molar refractivity (Wildman–Crippen MR) is 64.9 cm³/mol. The lowest BCUT2D eigenvalue weighted by molar-refractivity contribution is -0.192. The zero-order valence-electron chi connectivity index (χ0n) is 11.0. The van der Waals surface area contributed by atoms with Crippen molar-refractivity contribution in [3.05, 3.63) is 0 Å². The van der Waals surface area contributed by atoms with E-state index in [1.165, 1.54) is 0 Å². The number of hydrogen-bond donors (Lipinski definition) is 2. The van der Waals surface area contributed by atoms with Gasteiger partial charge in [0, 0.05) is 6.54 Å². The Hall–Kier alpha value is -0.820. The van der Waals surface area contributed by atoms with Crippen LogP contribution in [0.25, 0.3) is 0 Å². The first-order valence-corrected chi connectivity index (χ1v) is 6.49. The van der Waals surface area contributed by atoms with Crippen LogP contribution < -0.4 is 5.32 Å². The monoisotopic (exact) mass is 282 g/mol. The number of carbonyl (C=O) groups is 1. The summed E-state index contributed by atoms with van der Waals surface area (Å²) in [6.45, 7) is 1.93. The Morgan fingerprint density at radius 2 is 2.00 bits per heavy atom. The van der Waals surface area contributed by atoms with Gasteiger partial charge in [-0.2, -0.15) is 13.2 Å². The second kappa shape index (κ2) is 7.09. The molecule has 1 atom stereocenters. The molecule has 19 heavy (non-hydrogen) atoms. The molecule has 0 spiro atoms. The van der Waals surface area contributed by atoms with E-state index in [0.29, 0.717) is 12.5 Å². The number of aliphatic carboxylic acids is 1. The first-order chi connectivity index (χ1) is 8.80. The number of halogens is 3. The third-order valence-electron chi connectivity index (χ3n) is 3.61. The molecule has 0 aromatic carbocycles. The van der Waals surface area contributed by atoms with Crippen LogP contribution in [-0.4, -0.2) is 55.4 Å². The number of nitrogens with one attached hydrogen (secondary N) is 1. The van der Waals surface area contributed by atoms with Gasteiger partial charge in [0.25, 0.3) is 0 Å². The Kier molecular flexibility index (Phi) is 6.06. The van der Waals surface area contributed by atoms with Crippen LogP contribution in [0, 0.1) is 11.8 Å². The topological polar surface area (TPSA) is 52.6 Å². The summed E-state index contributed by atoms with van der Waals surface area (Å²) in [5, 5.41) is 11.1. The normalized spacial score (nSPS) is 20.4. The molecule has 0 aromatic heterocycles. The van der Waals surface area contributed by atoms with Crippen LogP contribution in [0.5, 0.6) is 0 Å². The SMILES string of the molecule is CN1CCC(CCNCC(C(=O)O)C(F)(F)F)CC1. The molecule has 1 heterocycles. The highest BCUT2D eigenvalue weighted by Crippen LogP contribution is 2.26. The lowest BCUT2D eigenvalue weighted by atomic mass is 9.94. The van der Waals surface area contributed by atoms with Crippen molar-refractivity contribution >= 4 is 5.97 Å². The summed E-state index contributed by atoms with van der Waals surface area (Å²) < 4.78 is 37.1. The van der Waals surface area contributed by atoms with Crippen molar-refractivity contribution in [2.24, 2.45) is 11.8 Å². The smallest absolute Gasteiger partial charge is 0.403 e. The lowest BCUT2D eigenvalue weighted by Crippen LogP contribution is -2.40. The fourth-order valence-corrected chi connectivity index (χ4v) is 2.25. The molecule has 1 unspecified atom stereocenters. The summed E-state index contributed by atoms with van der Waals surface area (Å²) in [5.41, 5.74) is 0. The van der Waals surface area contributed by atoms with Crippen LogP contribution in [0.1, 0.15) is 19.3 Å². The fourth-order valence-electron chi connectivity index (χ4n) is 2.25. The Morgan fingerprint density at radius 1 is 1.42 bits per heavy atom. The molecule has 0 amide bonds. The number of hydrogen-bond acceptors (Lipinski definition) is 3. The quantitative estimate of drug-likeness (QED) is 0.726. The number of alkyl halides is 3. The molecule has 1 saturated heterocycles. The fraction of sp³-hybridized carbons (Fsp3) is 0.917. The zero-order valence-corrected chi connectivity index (χ0v) is 11.0. The highest BCUT2D eigenvalue weighted by Gasteiger charge is 2.44. The molecule has 1 fully saturated rings. The van der Waals surface area contributed by atoms with Crippen LogP contribution in [-0.2, 0) is 4.79 Å². The van der Waals surface area contributed by atoms with Crippen molar-refractivity contribution in [1.82, 2.24) is 10.2 Å². The second-order valence-corrected chi connectivity index (χ2v) is 5.17. The van der Waals surface area contributed by atoms with E-state index in [9.17, 15) is 18.0 Å². The van der Waals surface area contributed by atoms with Crippen molar-refractivity contribution in [3.63, 3.8) is 0 Å². The summed E-state index contributed by atoms with van der Waals surface area (Å²) in [7, 11) is 2.05. The number of piperidine rings is 1. The minimum atomic E-state index is -4.69. The van der Waals surface area contributed by atoms with Gasteiger partial charge in [0.05, 0.1) is 0 Å². The lowest BCUT2D eigenvalue weighted by Gasteiger charge is -2.29. The minimum absolute atomic E-state index is 0.439. The summed E-state index contributed by atoms with van der Waals surface area (Å²) in [6.07, 6.45) is -1.77. The van der Waals surface area contributed by atoms with Gasteiger partial charge in [-0.05, 0) is 51.9 Å². The third kappa shape index (κ3) is 5.78. The van der Waals surface area contributed by atoms with Crippen LogP contribution >= 0.6 is 0 Å². The van der Waals surface area contributed by atoms with E-state index in [0.717, 1.165) is 32.4 Å². The van der Waals surface area contributed by atoms with E-state index in [4.69, 9.17) is 5.11 Å². The van der Waals surface area contributed by atoms with Gasteiger partial charge in [-0.25, -0.2) is 0 Å². The molecule has 0 bridgehead atoms. The number of likely N-dealkylation sites (tertiary alicyclic amines) is 1. The van der Waals surface area contributed by atoms with Gasteiger partial charge in [0.15, 0.2) is 5.92 Å². The Bertz CT molecular complexity index is 289. The number of carboxylic acid groups (broad SMARTS) is 1. The highest BCUT2D eigenvalue weighted by atomic mass is 19.4. The molecular weight excluding hydrogens is 261 g/mol. The minimum Gasteiger partial charge on any atom is -0.481 e. The summed E-state index contributed by atoms with van der Waals surface area (Å²) in [4.78, 5) is 12.7. The molecule has 112 valence electrons. The van der Waals surface area contributed by atoms with Gasteiger partial charge in [0.1, 0.15) is 0 Å². The van der Waals surface area contributed by atoms with Crippen LogP contribution in [0.3, 0.4) is 0 Å². The van der Waals surface area contributed by atoms with Gasteiger partial charge < -0.3 is 15.3 Å². The molecule has 1 aliphatic heterocycles. The van der Waals surface area contributed by atoms with Crippen LogP contribution in [0.15, 0.2) is 0 Å². The average Bonchev–Trinajstić information content (AvgIpc) is 2.29. The largest absolute Gasteiger partial charge is 0.481 e. The predicted octanol–water partition coefficient (Wildman–Crippen LogP) is 1.57. The maximum atomic E-state index is 12.4. The first kappa shape index (κ1) is 16.2. The maximum absolute atomic E-state index is 12.4. The number of nitrogens with zero attached hydrogens (tertiary/aromatic N) is 1. The van der Waals surface area contributed by atoms with Gasteiger partial charge in [-0.3, -0.25) is 4.79 Å². The molecule has 2 N–H and O–H groups in total. The van der Waals surface area contributed by atoms with Crippen molar-refractivity contribution in [2.45, 2.75) is 25.4 Å². The highest BCUT2D eigenvalue weighted by molar-refractivity contribution is 5.71. The van der Waals surface area contributed by atoms with Crippen molar-refractivity contribution in [2.75, 3.05) is 33.2 Å². The van der Waals surface area contributed by atoms with Crippen molar-refractivity contribution in [1.29, 1.82) is 0 Å². The van der Waals surface area contributed by atoms with E-state index < -0.39 is 24.6 Å². The van der Waals surface area contributed by atoms with Gasteiger partial charge in [-0.1, -0.05) is 0 Å². The van der Waals surface area contributed by atoms with Crippen LogP contribution in [0.4, 0.5) is 13.2 Å². The molecule has 0 aromatic rings. The standard InChI is InChI=1S/C12H21F3N2O2/c1-17-6-3-9(4-7-17)2-5-16-8-10(11(18)19)12(13,14)15/h9-10,16H,2-8H2,1H3,(H,18,19). The van der Waals surface area contributed by atoms with E-state index in [1.54, 1.807) is 0 Å². The Labute approximate surface area is 111 Å². The van der Waals surface area contributed by atoms with Crippen molar-refractivity contribution in [3.8, 4) is 0 Å². The average molecular weight is 282 g/mol. The molecule has 0 saturated carbocycles. The molecule has 0 aliphatic carbocycles. The van der Waals surface area contributed by atoms with E-state index in [-0.39, 0.29) is 0 Å². The van der Waals surface area contributed by atoms with Crippen molar-refractivity contribution < 1.29 is 23.1 Å². The molecule has 1 rings (SSSR count). The summed E-state index contributed by atoms with van der Waals surface area (Å²) >= 11 is 0. The molecule has 7 heteroatoms. The first-order valence-electron chi connectivity index (χ1n) is 6.49. The zero-order chi connectivity index (χ0) is 14.5. The third-order valence-corrected chi connectivity index (χ3v) is 3.61. The van der Waals surface area contributed by atoms with Gasteiger partial charge in [-0.15, -0.1) is 0 Å².